The molecule has 0 spiro atoms. The molecule has 2 aromatic carbocycles. The van der Waals surface area contributed by atoms with Gasteiger partial charge in [0.05, 0.1) is 6.61 Å². The van der Waals surface area contributed by atoms with Gasteiger partial charge in [-0.3, -0.25) is 9.59 Å². The topological polar surface area (TPSA) is 79.5 Å². The molecule has 0 radical (unpaired) electrons. The summed E-state index contributed by atoms with van der Waals surface area (Å²) < 4.78 is 5.79. The van der Waals surface area contributed by atoms with Crippen LogP contribution in [0, 0.1) is 0 Å². The van der Waals surface area contributed by atoms with Crippen molar-refractivity contribution in [1.29, 1.82) is 0 Å². The Morgan fingerprint density at radius 3 is 2.58 bits per heavy atom. The van der Waals surface area contributed by atoms with Crippen molar-refractivity contribution in [2.75, 3.05) is 22.6 Å². The number of fused-ring (bicyclic) bond motifs is 1. The van der Waals surface area contributed by atoms with Gasteiger partial charge in [0, 0.05) is 35.9 Å². The van der Waals surface area contributed by atoms with Crippen molar-refractivity contribution in [3.05, 3.63) is 48.0 Å². The molecule has 2 aliphatic rings. The van der Waals surface area contributed by atoms with Crippen LogP contribution < -0.4 is 20.7 Å². The van der Waals surface area contributed by atoms with E-state index in [1.165, 1.54) is 32.1 Å². The molecule has 2 aromatic rings. The second kappa shape index (κ2) is 10.3. The summed E-state index contributed by atoms with van der Waals surface area (Å²) in [5.74, 6) is 0.823. The number of rotatable bonds is 8. The molecule has 0 aromatic heterocycles. The van der Waals surface area contributed by atoms with E-state index in [4.69, 9.17) is 4.74 Å². The van der Waals surface area contributed by atoms with Crippen LogP contribution in [0.5, 0.6) is 5.75 Å². The lowest BCUT2D eigenvalue weighted by Crippen LogP contribution is -2.22. The van der Waals surface area contributed by atoms with Crippen LogP contribution in [0.3, 0.4) is 0 Å². The summed E-state index contributed by atoms with van der Waals surface area (Å²) >= 11 is 0. The van der Waals surface area contributed by atoms with Gasteiger partial charge in [0.25, 0.3) is 0 Å². The standard InChI is InChI=1S/C25H31N3O3/c29-24(27-21-11-9-20(10-12-21)26-19-5-2-1-3-6-19)7-4-16-31-22-13-14-23-18(17-22)8-15-25(30)28-23/h9-14,17,19,26H,1-8,15-16H2,(H,27,29)(H,28,30). The third-order valence-corrected chi connectivity index (χ3v) is 5.93. The van der Waals surface area contributed by atoms with E-state index in [9.17, 15) is 9.59 Å². The number of carbonyl (C=O) groups is 2. The molecular formula is C25H31N3O3. The molecule has 31 heavy (non-hydrogen) atoms. The predicted molar refractivity (Wildman–Crippen MR) is 124 cm³/mol. The second-order valence-corrected chi connectivity index (χ2v) is 8.42. The van der Waals surface area contributed by atoms with Gasteiger partial charge in [-0.2, -0.15) is 0 Å². The van der Waals surface area contributed by atoms with Crippen LogP contribution in [0.1, 0.15) is 56.9 Å². The van der Waals surface area contributed by atoms with E-state index in [2.05, 4.69) is 16.0 Å². The van der Waals surface area contributed by atoms with Crippen LogP contribution in [-0.2, 0) is 16.0 Å². The fraction of sp³-hybridized carbons (Fsp3) is 0.440. The van der Waals surface area contributed by atoms with Crippen LogP contribution in [-0.4, -0.2) is 24.5 Å². The summed E-state index contributed by atoms with van der Waals surface area (Å²) in [7, 11) is 0. The Balaban J connectivity index is 1.16. The van der Waals surface area contributed by atoms with E-state index in [0.717, 1.165) is 34.8 Å². The number of amides is 2. The first-order valence-electron chi connectivity index (χ1n) is 11.4. The van der Waals surface area contributed by atoms with Crippen molar-refractivity contribution in [2.45, 2.75) is 63.8 Å². The molecule has 0 saturated heterocycles. The Labute approximate surface area is 183 Å². The molecule has 0 bridgehead atoms. The highest BCUT2D eigenvalue weighted by atomic mass is 16.5. The van der Waals surface area contributed by atoms with Gasteiger partial charge in [0.1, 0.15) is 5.75 Å². The van der Waals surface area contributed by atoms with Crippen LogP contribution >= 0.6 is 0 Å². The number of ether oxygens (including phenoxy) is 1. The quantitative estimate of drug-likeness (QED) is 0.517. The first kappa shape index (κ1) is 21.2. The first-order chi connectivity index (χ1) is 15.2. The van der Waals surface area contributed by atoms with Crippen molar-refractivity contribution < 1.29 is 14.3 Å². The maximum Gasteiger partial charge on any atom is 0.224 e. The highest BCUT2D eigenvalue weighted by Gasteiger charge is 2.15. The second-order valence-electron chi connectivity index (χ2n) is 8.42. The van der Waals surface area contributed by atoms with Gasteiger partial charge < -0.3 is 20.7 Å². The fourth-order valence-corrected chi connectivity index (χ4v) is 4.23. The molecule has 1 heterocycles. The molecular weight excluding hydrogens is 390 g/mol. The summed E-state index contributed by atoms with van der Waals surface area (Å²) in [5, 5.41) is 9.41. The largest absolute Gasteiger partial charge is 0.494 e. The van der Waals surface area contributed by atoms with Gasteiger partial charge in [-0.1, -0.05) is 19.3 Å². The molecule has 6 heteroatoms. The summed E-state index contributed by atoms with van der Waals surface area (Å²) in [6.07, 6.45) is 8.72. The normalized spacial score (nSPS) is 16.2. The fourth-order valence-electron chi connectivity index (χ4n) is 4.23. The Bertz CT molecular complexity index is 905. The molecule has 0 atom stereocenters. The molecule has 1 aliphatic carbocycles. The average molecular weight is 422 g/mol. The van der Waals surface area contributed by atoms with Gasteiger partial charge in [-0.15, -0.1) is 0 Å². The van der Waals surface area contributed by atoms with Gasteiger partial charge in [0.15, 0.2) is 0 Å². The zero-order valence-electron chi connectivity index (χ0n) is 17.9. The first-order valence-corrected chi connectivity index (χ1v) is 11.4. The maximum absolute atomic E-state index is 12.2. The molecule has 1 fully saturated rings. The number of hydrogen-bond acceptors (Lipinski definition) is 4. The lowest BCUT2D eigenvalue weighted by atomic mass is 9.95. The van der Waals surface area contributed by atoms with E-state index in [0.29, 0.717) is 31.9 Å². The smallest absolute Gasteiger partial charge is 0.224 e. The van der Waals surface area contributed by atoms with Crippen molar-refractivity contribution in [3.8, 4) is 5.75 Å². The third-order valence-electron chi connectivity index (χ3n) is 5.93. The molecule has 164 valence electrons. The van der Waals surface area contributed by atoms with Crippen molar-refractivity contribution in [2.24, 2.45) is 0 Å². The highest BCUT2D eigenvalue weighted by Crippen LogP contribution is 2.27. The zero-order valence-corrected chi connectivity index (χ0v) is 17.9. The Morgan fingerprint density at radius 1 is 1.00 bits per heavy atom. The number of anilines is 3. The Kier molecular flexibility index (Phi) is 7.07. The van der Waals surface area contributed by atoms with Crippen LogP contribution in [0.25, 0.3) is 0 Å². The predicted octanol–water partition coefficient (Wildman–Crippen LogP) is 5.11. The molecule has 1 saturated carbocycles. The van der Waals surface area contributed by atoms with E-state index < -0.39 is 0 Å². The molecule has 0 unspecified atom stereocenters. The highest BCUT2D eigenvalue weighted by molar-refractivity contribution is 5.94. The number of aryl methyl sites for hydroxylation is 1. The van der Waals surface area contributed by atoms with Crippen LogP contribution in [0.15, 0.2) is 42.5 Å². The number of nitrogens with one attached hydrogen (secondary N) is 3. The van der Waals surface area contributed by atoms with Gasteiger partial charge in [0.2, 0.25) is 11.8 Å². The van der Waals surface area contributed by atoms with Gasteiger partial charge in [-0.05, 0) is 73.7 Å². The summed E-state index contributed by atoms with van der Waals surface area (Å²) in [5.41, 5.74) is 3.89. The van der Waals surface area contributed by atoms with E-state index in [-0.39, 0.29) is 11.8 Å². The van der Waals surface area contributed by atoms with Gasteiger partial charge >= 0.3 is 0 Å². The minimum atomic E-state index is -0.00950. The summed E-state index contributed by atoms with van der Waals surface area (Å²) in [4.78, 5) is 23.7. The van der Waals surface area contributed by atoms with Crippen LogP contribution in [0.4, 0.5) is 17.1 Å². The van der Waals surface area contributed by atoms with Crippen molar-refractivity contribution >= 4 is 28.9 Å². The summed E-state index contributed by atoms with van der Waals surface area (Å²) in [6.45, 7) is 0.475. The Morgan fingerprint density at radius 2 is 1.77 bits per heavy atom. The third kappa shape index (κ3) is 6.23. The van der Waals surface area contributed by atoms with Crippen molar-refractivity contribution in [1.82, 2.24) is 0 Å². The number of benzene rings is 2. The molecule has 3 N–H and O–H groups in total. The minimum Gasteiger partial charge on any atom is -0.494 e. The SMILES string of the molecule is O=C(CCCOc1ccc2c(c1)CCC(=O)N2)Nc1ccc(NC2CCCCC2)cc1. The van der Waals surface area contributed by atoms with Crippen molar-refractivity contribution in [3.63, 3.8) is 0 Å². The van der Waals surface area contributed by atoms with Gasteiger partial charge in [-0.25, -0.2) is 0 Å². The Hall–Kier alpha value is -3.02. The molecule has 2 amide bonds. The molecule has 6 nitrogen and oxygen atoms in total. The van der Waals surface area contributed by atoms with E-state index in [1.54, 1.807) is 0 Å². The summed E-state index contributed by atoms with van der Waals surface area (Å²) in [6, 6.07) is 14.2. The average Bonchev–Trinajstić information content (AvgIpc) is 2.79. The monoisotopic (exact) mass is 421 g/mol. The lowest BCUT2D eigenvalue weighted by molar-refractivity contribution is -0.117. The zero-order chi connectivity index (χ0) is 21.5. The lowest BCUT2D eigenvalue weighted by Gasteiger charge is -2.23. The molecule has 4 rings (SSSR count). The maximum atomic E-state index is 12.2. The van der Waals surface area contributed by atoms with E-state index in [1.807, 2.05) is 42.5 Å². The number of carbonyl (C=O) groups excluding carboxylic acids is 2. The molecule has 1 aliphatic heterocycles. The van der Waals surface area contributed by atoms with Crippen LogP contribution in [0.2, 0.25) is 0 Å². The minimum absolute atomic E-state index is 0.00950. The number of hydrogen-bond donors (Lipinski definition) is 3. The van der Waals surface area contributed by atoms with E-state index >= 15 is 0 Å².